The van der Waals surface area contributed by atoms with Gasteiger partial charge in [-0.25, -0.2) is 4.98 Å². The van der Waals surface area contributed by atoms with Crippen LogP contribution in [0.1, 0.15) is 11.4 Å². The van der Waals surface area contributed by atoms with Gasteiger partial charge in [0.1, 0.15) is 6.33 Å². The molecule has 1 heterocycles. The van der Waals surface area contributed by atoms with Crippen LogP contribution in [-0.2, 0) is 13.5 Å². The van der Waals surface area contributed by atoms with Crippen LogP contribution in [0.4, 0.5) is 0 Å². The Hall–Kier alpha value is -1.64. The van der Waals surface area contributed by atoms with Crippen LogP contribution in [0.15, 0.2) is 36.7 Å². The zero-order chi connectivity index (χ0) is 9.10. The van der Waals surface area contributed by atoms with Gasteiger partial charge in [0.05, 0.1) is 0 Å². The molecule has 1 aromatic carbocycles. The average molecular weight is 173 g/mol. The van der Waals surface area contributed by atoms with Gasteiger partial charge < -0.3 is 0 Å². The molecule has 3 heteroatoms. The normalized spacial score (nSPS) is 10.2. The van der Waals surface area contributed by atoms with Crippen molar-refractivity contribution >= 4 is 0 Å². The Labute approximate surface area is 77.0 Å². The van der Waals surface area contributed by atoms with Crippen LogP contribution < -0.4 is 0 Å². The van der Waals surface area contributed by atoms with Gasteiger partial charge in [-0.2, -0.15) is 5.10 Å². The van der Waals surface area contributed by atoms with Crippen molar-refractivity contribution in [2.24, 2.45) is 7.05 Å². The smallest absolute Gasteiger partial charge is 0.154 e. The SMILES string of the molecule is Cn1cnc(Cc2ccccc2)n1. The molecule has 0 bridgehead atoms. The monoisotopic (exact) mass is 173 g/mol. The first-order valence-electron chi connectivity index (χ1n) is 4.23. The molecule has 0 spiro atoms. The Bertz CT molecular complexity index is 378. The van der Waals surface area contributed by atoms with Crippen molar-refractivity contribution < 1.29 is 0 Å². The van der Waals surface area contributed by atoms with E-state index in [1.54, 1.807) is 11.0 Å². The van der Waals surface area contributed by atoms with Gasteiger partial charge in [0.2, 0.25) is 0 Å². The maximum absolute atomic E-state index is 4.21. The van der Waals surface area contributed by atoms with Gasteiger partial charge in [0.15, 0.2) is 5.82 Å². The molecule has 2 rings (SSSR count). The summed E-state index contributed by atoms with van der Waals surface area (Å²) >= 11 is 0. The van der Waals surface area contributed by atoms with Crippen LogP contribution in [0.5, 0.6) is 0 Å². The minimum absolute atomic E-state index is 0.807. The lowest BCUT2D eigenvalue weighted by molar-refractivity contribution is 0.749. The molecule has 0 amide bonds. The summed E-state index contributed by atoms with van der Waals surface area (Å²) in [6.07, 6.45) is 2.53. The fourth-order valence-corrected chi connectivity index (χ4v) is 1.24. The van der Waals surface area contributed by atoms with Gasteiger partial charge in [0, 0.05) is 13.5 Å². The Morgan fingerprint density at radius 3 is 2.62 bits per heavy atom. The summed E-state index contributed by atoms with van der Waals surface area (Å²) in [6, 6.07) is 10.2. The van der Waals surface area contributed by atoms with Crippen molar-refractivity contribution in [3.63, 3.8) is 0 Å². The topological polar surface area (TPSA) is 30.7 Å². The molecule has 0 unspecified atom stereocenters. The van der Waals surface area contributed by atoms with Crippen molar-refractivity contribution in [3.05, 3.63) is 48.0 Å². The first-order valence-corrected chi connectivity index (χ1v) is 4.23. The maximum Gasteiger partial charge on any atom is 0.154 e. The van der Waals surface area contributed by atoms with Crippen molar-refractivity contribution in [2.45, 2.75) is 6.42 Å². The van der Waals surface area contributed by atoms with Gasteiger partial charge in [-0.1, -0.05) is 30.3 Å². The fourth-order valence-electron chi connectivity index (χ4n) is 1.24. The zero-order valence-electron chi connectivity index (χ0n) is 7.51. The van der Waals surface area contributed by atoms with E-state index in [-0.39, 0.29) is 0 Å². The molecule has 2 aromatic rings. The van der Waals surface area contributed by atoms with E-state index >= 15 is 0 Å². The van der Waals surface area contributed by atoms with E-state index in [0.29, 0.717) is 0 Å². The molecule has 0 N–H and O–H groups in total. The van der Waals surface area contributed by atoms with Crippen molar-refractivity contribution in [2.75, 3.05) is 0 Å². The summed E-state index contributed by atoms with van der Waals surface area (Å²) in [6.45, 7) is 0. The Morgan fingerprint density at radius 1 is 1.23 bits per heavy atom. The molecule has 0 aliphatic carbocycles. The predicted octanol–water partition coefficient (Wildman–Crippen LogP) is 1.41. The molecule has 0 aliphatic heterocycles. The molecule has 0 fully saturated rings. The predicted molar refractivity (Wildman–Crippen MR) is 50.3 cm³/mol. The highest BCUT2D eigenvalue weighted by Crippen LogP contribution is 2.03. The summed E-state index contributed by atoms with van der Waals surface area (Å²) in [5.74, 6) is 0.869. The molecule has 3 nitrogen and oxygen atoms in total. The van der Waals surface area contributed by atoms with Crippen LogP contribution in [0, 0.1) is 0 Å². The second-order valence-corrected chi connectivity index (χ2v) is 3.00. The molecular weight excluding hydrogens is 162 g/mol. The van der Waals surface area contributed by atoms with Crippen molar-refractivity contribution in [1.29, 1.82) is 0 Å². The van der Waals surface area contributed by atoms with E-state index in [1.165, 1.54) is 5.56 Å². The first-order chi connectivity index (χ1) is 6.34. The molecular formula is C10H11N3. The van der Waals surface area contributed by atoms with Crippen LogP contribution >= 0.6 is 0 Å². The maximum atomic E-state index is 4.21. The highest BCUT2D eigenvalue weighted by Gasteiger charge is 1.99. The second kappa shape index (κ2) is 3.39. The fraction of sp³-hybridized carbons (Fsp3) is 0.200. The van der Waals surface area contributed by atoms with Gasteiger partial charge in [0.25, 0.3) is 0 Å². The summed E-state index contributed by atoms with van der Waals surface area (Å²) in [4.78, 5) is 4.16. The summed E-state index contributed by atoms with van der Waals surface area (Å²) in [5, 5.41) is 4.21. The molecule has 0 saturated carbocycles. The highest BCUT2D eigenvalue weighted by atomic mass is 15.3. The van der Waals surface area contributed by atoms with Gasteiger partial charge >= 0.3 is 0 Å². The van der Waals surface area contributed by atoms with E-state index in [2.05, 4.69) is 22.2 Å². The van der Waals surface area contributed by atoms with Gasteiger partial charge in [-0.15, -0.1) is 0 Å². The standard InChI is InChI=1S/C10H11N3/c1-13-8-11-10(12-13)7-9-5-3-2-4-6-9/h2-6,8H,7H2,1H3. The van der Waals surface area contributed by atoms with Crippen LogP contribution in [0.25, 0.3) is 0 Å². The molecule has 0 saturated heterocycles. The molecule has 13 heavy (non-hydrogen) atoms. The lowest BCUT2D eigenvalue weighted by Gasteiger charge is -1.94. The van der Waals surface area contributed by atoms with E-state index in [0.717, 1.165) is 12.2 Å². The Morgan fingerprint density at radius 2 is 2.00 bits per heavy atom. The summed E-state index contributed by atoms with van der Waals surface area (Å²) in [7, 11) is 1.88. The second-order valence-electron chi connectivity index (χ2n) is 3.00. The van der Waals surface area contributed by atoms with Crippen LogP contribution in [-0.4, -0.2) is 14.8 Å². The Balaban J connectivity index is 2.15. The summed E-state index contributed by atoms with van der Waals surface area (Å²) in [5.41, 5.74) is 1.24. The molecule has 66 valence electrons. The largest absolute Gasteiger partial charge is 0.256 e. The number of nitrogens with zero attached hydrogens (tertiary/aromatic N) is 3. The minimum Gasteiger partial charge on any atom is -0.256 e. The van der Waals surface area contributed by atoms with E-state index in [1.807, 2.05) is 25.2 Å². The number of aryl methyl sites for hydroxylation is 1. The number of aromatic nitrogens is 3. The van der Waals surface area contributed by atoms with Crippen LogP contribution in [0.3, 0.4) is 0 Å². The third-order valence-corrected chi connectivity index (χ3v) is 1.85. The molecule has 0 aliphatic rings. The van der Waals surface area contributed by atoms with E-state index in [4.69, 9.17) is 0 Å². The molecule has 0 radical (unpaired) electrons. The number of hydrogen-bond acceptors (Lipinski definition) is 2. The van der Waals surface area contributed by atoms with Gasteiger partial charge in [-0.3, -0.25) is 4.68 Å². The lowest BCUT2D eigenvalue weighted by atomic mass is 10.1. The summed E-state index contributed by atoms with van der Waals surface area (Å²) < 4.78 is 1.72. The van der Waals surface area contributed by atoms with E-state index in [9.17, 15) is 0 Å². The van der Waals surface area contributed by atoms with E-state index < -0.39 is 0 Å². The number of rotatable bonds is 2. The number of benzene rings is 1. The average Bonchev–Trinajstić information content (AvgIpc) is 2.53. The third kappa shape index (κ3) is 1.93. The van der Waals surface area contributed by atoms with Crippen molar-refractivity contribution in [3.8, 4) is 0 Å². The quantitative estimate of drug-likeness (QED) is 0.687. The third-order valence-electron chi connectivity index (χ3n) is 1.85. The Kier molecular flexibility index (Phi) is 2.08. The molecule has 1 aromatic heterocycles. The molecule has 0 atom stereocenters. The van der Waals surface area contributed by atoms with Crippen LogP contribution in [0.2, 0.25) is 0 Å². The lowest BCUT2D eigenvalue weighted by Crippen LogP contribution is -1.93. The zero-order valence-corrected chi connectivity index (χ0v) is 7.51. The van der Waals surface area contributed by atoms with Crippen molar-refractivity contribution in [1.82, 2.24) is 14.8 Å². The first kappa shape index (κ1) is 7.98. The number of hydrogen-bond donors (Lipinski definition) is 0. The highest BCUT2D eigenvalue weighted by molar-refractivity contribution is 5.18. The minimum atomic E-state index is 0.807. The van der Waals surface area contributed by atoms with Gasteiger partial charge in [-0.05, 0) is 5.56 Å².